The second-order valence-electron chi connectivity index (χ2n) is 8.10. The average molecular weight is 618 g/mol. The van der Waals surface area contributed by atoms with Crippen molar-refractivity contribution in [2.45, 2.75) is 43.6 Å². The molecule has 0 spiro atoms. The first-order valence-electron chi connectivity index (χ1n) is 10.4. The second-order valence-corrected chi connectivity index (χ2v) is 11.8. The fraction of sp³-hybridized carbons (Fsp3) is 0.250. The van der Waals surface area contributed by atoms with Gasteiger partial charge < -0.3 is 5.32 Å². The monoisotopic (exact) mass is 618 g/mol. The normalized spacial score (nSPS) is 12.1. The number of aromatic nitrogens is 1. The summed E-state index contributed by atoms with van der Waals surface area (Å²) in [6.45, 7) is 4.77. The van der Waals surface area contributed by atoms with Crippen LogP contribution >= 0.6 is 22.6 Å². The number of rotatable bonds is 6. The molecular formula is C24H22F3IN2O4S. The number of pyridine rings is 1. The number of amides is 1. The molecule has 11 heteroatoms. The third-order valence-corrected chi connectivity index (χ3v) is 8.65. The van der Waals surface area contributed by atoms with E-state index in [1.165, 1.54) is 30.3 Å². The van der Waals surface area contributed by atoms with Crippen LogP contribution in [0.3, 0.4) is 0 Å². The molecule has 0 bridgehead atoms. The summed E-state index contributed by atoms with van der Waals surface area (Å²) in [5.74, 6) is -0.701. The minimum absolute atomic E-state index is 0.00292. The molecule has 0 fully saturated rings. The van der Waals surface area contributed by atoms with Gasteiger partial charge in [-0.05, 0) is 85.3 Å². The van der Waals surface area contributed by atoms with E-state index in [1.54, 1.807) is 32.9 Å². The highest BCUT2D eigenvalue weighted by Gasteiger charge is 2.31. The van der Waals surface area contributed by atoms with Gasteiger partial charge in [0.25, 0.3) is 11.5 Å². The summed E-state index contributed by atoms with van der Waals surface area (Å²) in [6, 6.07) is 11.8. The number of nitrogens with zero attached hydrogens (tertiary/aromatic N) is 1. The number of benzene rings is 2. The van der Waals surface area contributed by atoms with Crippen LogP contribution in [0.15, 0.2) is 64.3 Å². The molecule has 186 valence electrons. The average Bonchev–Trinajstić information content (AvgIpc) is 2.80. The Bertz CT molecular complexity index is 1430. The van der Waals surface area contributed by atoms with Crippen LogP contribution in [0.5, 0.6) is 0 Å². The molecule has 1 amide bonds. The van der Waals surface area contributed by atoms with Crippen molar-refractivity contribution in [1.29, 1.82) is 0 Å². The Morgan fingerprint density at radius 2 is 1.71 bits per heavy atom. The lowest BCUT2D eigenvalue weighted by Crippen LogP contribution is -2.33. The number of hydrogen-bond donors (Lipinski definition) is 1. The molecule has 3 aromatic rings. The molecule has 1 heterocycles. The Morgan fingerprint density at radius 1 is 1.09 bits per heavy atom. The van der Waals surface area contributed by atoms with E-state index in [2.05, 4.69) is 5.32 Å². The minimum Gasteiger partial charge on any atom is -0.348 e. The summed E-state index contributed by atoms with van der Waals surface area (Å²) >= 11 is 1.91. The van der Waals surface area contributed by atoms with Gasteiger partial charge in [0.2, 0.25) is 0 Å². The molecule has 1 N–H and O–H groups in total. The standard InChI is InChI=1S/C24H22F3IN2O4S/c1-14(2)35(33,34)19-9-7-16(8-10-19)13-29-22(31)20-12-21(28)15(3)30(23(20)32)18-6-4-5-17(11-18)24(25,26)27/h4-12,14H,13H2,1-3H3,(H,29,31). The van der Waals surface area contributed by atoms with Crippen LogP contribution in [0.25, 0.3) is 5.69 Å². The van der Waals surface area contributed by atoms with Crippen molar-refractivity contribution in [3.05, 3.63) is 90.9 Å². The highest BCUT2D eigenvalue weighted by molar-refractivity contribution is 14.1. The number of carbonyl (C=O) groups is 1. The van der Waals surface area contributed by atoms with Crippen LogP contribution < -0.4 is 10.9 Å². The van der Waals surface area contributed by atoms with Gasteiger partial charge in [-0.2, -0.15) is 13.2 Å². The van der Waals surface area contributed by atoms with Gasteiger partial charge in [0, 0.05) is 21.5 Å². The van der Waals surface area contributed by atoms with Gasteiger partial charge in [0.15, 0.2) is 9.84 Å². The summed E-state index contributed by atoms with van der Waals surface area (Å²) in [7, 11) is -3.43. The smallest absolute Gasteiger partial charge is 0.348 e. The predicted molar refractivity (Wildman–Crippen MR) is 134 cm³/mol. The zero-order chi connectivity index (χ0) is 26.1. The van der Waals surface area contributed by atoms with Crippen molar-refractivity contribution in [3.8, 4) is 5.69 Å². The van der Waals surface area contributed by atoms with Crippen LogP contribution in [0.4, 0.5) is 13.2 Å². The number of hydrogen-bond acceptors (Lipinski definition) is 4. The topological polar surface area (TPSA) is 85.2 Å². The molecule has 1 aromatic heterocycles. The Morgan fingerprint density at radius 3 is 2.29 bits per heavy atom. The fourth-order valence-electron chi connectivity index (χ4n) is 3.31. The molecule has 0 saturated heterocycles. The van der Waals surface area contributed by atoms with E-state index in [0.717, 1.165) is 16.7 Å². The maximum Gasteiger partial charge on any atom is 0.416 e. The molecular weight excluding hydrogens is 596 g/mol. The van der Waals surface area contributed by atoms with Gasteiger partial charge in [-0.3, -0.25) is 14.2 Å². The van der Waals surface area contributed by atoms with Crippen molar-refractivity contribution >= 4 is 38.3 Å². The van der Waals surface area contributed by atoms with E-state index in [4.69, 9.17) is 0 Å². The number of alkyl halides is 3. The zero-order valence-electron chi connectivity index (χ0n) is 19.0. The van der Waals surface area contributed by atoms with Crippen LogP contribution in [0.1, 0.15) is 41.0 Å². The summed E-state index contributed by atoms with van der Waals surface area (Å²) < 4.78 is 65.6. The van der Waals surface area contributed by atoms with Crippen LogP contribution in [0.2, 0.25) is 0 Å². The molecule has 2 aromatic carbocycles. The van der Waals surface area contributed by atoms with Gasteiger partial charge >= 0.3 is 6.18 Å². The van der Waals surface area contributed by atoms with Crippen molar-refractivity contribution in [2.75, 3.05) is 0 Å². The number of carbonyl (C=O) groups excluding carboxylic acids is 1. The van der Waals surface area contributed by atoms with Gasteiger partial charge in [-0.1, -0.05) is 18.2 Å². The molecule has 3 rings (SSSR count). The molecule has 0 saturated carbocycles. The molecule has 0 atom stereocenters. The summed E-state index contributed by atoms with van der Waals surface area (Å²) in [4.78, 5) is 26.1. The zero-order valence-corrected chi connectivity index (χ0v) is 22.0. The maximum atomic E-state index is 13.2. The summed E-state index contributed by atoms with van der Waals surface area (Å²) in [6.07, 6.45) is -4.58. The summed E-state index contributed by atoms with van der Waals surface area (Å²) in [5.41, 5.74) is -0.880. The predicted octanol–water partition coefficient (Wildman–Crippen LogP) is 4.88. The summed E-state index contributed by atoms with van der Waals surface area (Å²) in [5, 5.41) is 2.04. The molecule has 35 heavy (non-hydrogen) atoms. The first-order valence-corrected chi connectivity index (χ1v) is 13.1. The number of nitrogens with one attached hydrogen (secondary N) is 1. The van der Waals surface area contributed by atoms with E-state index < -0.39 is 38.3 Å². The SMILES string of the molecule is Cc1c(I)cc(C(=O)NCc2ccc(S(=O)(=O)C(C)C)cc2)c(=O)n1-c1cccc(C(F)(F)F)c1. The molecule has 6 nitrogen and oxygen atoms in total. The van der Waals surface area contributed by atoms with Crippen molar-refractivity contribution in [1.82, 2.24) is 9.88 Å². The number of halogens is 4. The fourth-order valence-corrected chi connectivity index (χ4v) is 4.93. The van der Waals surface area contributed by atoms with Gasteiger partial charge in [0.05, 0.1) is 15.7 Å². The largest absolute Gasteiger partial charge is 0.416 e. The molecule has 0 aliphatic carbocycles. The van der Waals surface area contributed by atoms with E-state index >= 15 is 0 Å². The van der Waals surface area contributed by atoms with Crippen LogP contribution in [-0.2, 0) is 22.6 Å². The van der Waals surface area contributed by atoms with Crippen molar-refractivity contribution < 1.29 is 26.4 Å². The Hall–Kier alpha value is -2.67. The Labute approximate surface area is 214 Å². The van der Waals surface area contributed by atoms with E-state index in [-0.39, 0.29) is 22.7 Å². The van der Waals surface area contributed by atoms with E-state index in [0.29, 0.717) is 14.8 Å². The lowest BCUT2D eigenvalue weighted by atomic mass is 10.1. The Balaban J connectivity index is 1.89. The molecule has 0 radical (unpaired) electrons. The molecule has 0 aliphatic rings. The molecule has 0 aliphatic heterocycles. The van der Waals surface area contributed by atoms with Gasteiger partial charge in [-0.15, -0.1) is 0 Å². The van der Waals surface area contributed by atoms with E-state index in [1.807, 2.05) is 22.6 Å². The van der Waals surface area contributed by atoms with Crippen molar-refractivity contribution in [3.63, 3.8) is 0 Å². The quantitative estimate of drug-likeness (QED) is 0.400. The van der Waals surface area contributed by atoms with Crippen LogP contribution in [-0.4, -0.2) is 24.1 Å². The lowest BCUT2D eigenvalue weighted by Gasteiger charge is -2.16. The third kappa shape index (κ3) is 5.77. The third-order valence-electron chi connectivity index (χ3n) is 5.39. The molecule has 0 unspecified atom stereocenters. The minimum atomic E-state index is -4.58. The van der Waals surface area contributed by atoms with Gasteiger partial charge in [-0.25, -0.2) is 8.42 Å². The van der Waals surface area contributed by atoms with Crippen molar-refractivity contribution in [2.24, 2.45) is 0 Å². The second kappa shape index (κ2) is 10.1. The Kier molecular flexibility index (Phi) is 7.80. The lowest BCUT2D eigenvalue weighted by molar-refractivity contribution is -0.137. The highest BCUT2D eigenvalue weighted by atomic mass is 127. The number of sulfone groups is 1. The first kappa shape index (κ1) is 26.9. The van der Waals surface area contributed by atoms with Gasteiger partial charge in [0.1, 0.15) is 5.56 Å². The highest BCUT2D eigenvalue weighted by Crippen LogP contribution is 2.30. The maximum absolute atomic E-state index is 13.2. The first-order chi connectivity index (χ1) is 16.2. The van der Waals surface area contributed by atoms with Crippen LogP contribution in [0, 0.1) is 10.5 Å². The van der Waals surface area contributed by atoms with E-state index in [9.17, 15) is 31.2 Å².